The predicted octanol–water partition coefficient (Wildman–Crippen LogP) is 9.91. The van der Waals surface area contributed by atoms with Gasteiger partial charge in [0.25, 0.3) is 0 Å². The molecule has 0 aliphatic rings. The van der Waals surface area contributed by atoms with E-state index in [-0.39, 0.29) is 24.9 Å². The molecule has 0 atom stereocenters. The zero-order valence-electron chi connectivity index (χ0n) is 6.62. The molecule has 17 heavy (non-hydrogen) atoms. The van der Waals surface area contributed by atoms with Crippen molar-refractivity contribution in [2.75, 3.05) is 0 Å². The average molecular weight is 2040 g/mol. The van der Waals surface area contributed by atoms with E-state index in [4.69, 9.17) is 5.70 Å². The fraction of sp³-hybridized carbons (Fsp3) is 0. The molecule has 0 heterocycles. The van der Waals surface area contributed by atoms with Gasteiger partial charge >= 0.3 is 227 Å². The minimum atomic E-state index is -0.515. The first-order valence-electron chi connectivity index (χ1n) is 2.36. The van der Waals surface area contributed by atoms with Gasteiger partial charge in [-0.2, -0.15) is 0 Å². The average Bonchev–Trinajstić information content (AvgIpc) is 2.32. The first kappa shape index (κ1) is 28.7. The standard InChI is InChI=1S/BI16/c1-10-12(4)14(6)16(8)17(9)15(7)13(5)11(2)3/q-1. The molecule has 0 bridgehead atoms. The maximum atomic E-state index is 6.06. The number of halogens is 16. The second-order valence-corrected chi connectivity index (χ2v) is 346. The van der Waals surface area contributed by atoms with E-state index in [9.17, 15) is 0 Å². The van der Waals surface area contributed by atoms with Crippen LogP contribution in [0.4, 0.5) is 0 Å². The second-order valence-electron chi connectivity index (χ2n) is 1.22. The monoisotopic (exact) mass is 2040 g/mol. The molecule has 0 spiro atoms. The molecule has 0 amide bonds. The Hall–Kier alpha value is 11.7. The molecule has 0 aromatic rings. The summed E-state index contributed by atoms with van der Waals surface area (Å²) in [5, 5.41) is 0. The number of hydrogen-bond donors (Lipinski definition) is 0. The van der Waals surface area contributed by atoms with Gasteiger partial charge in [-0.3, -0.25) is 0 Å². The topological polar surface area (TPSA) is 0 Å². The third-order valence-corrected chi connectivity index (χ3v) is 1010. The molecule has 17 heteroatoms. The first-order chi connectivity index (χ1) is 7.73. The molecule has 0 saturated heterocycles. The van der Waals surface area contributed by atoms with Crippen LogP contribution in [0, 0.1) is 0 Å². The van der Waals surface area contributed by atoms with Crippen molar-refractivity contribution in [1.29, 1.82) is 0 Å². The van der Waals surface area contributed by atoms with Gasteiger partial charge in [-0.1, -0.05) is 0 Å². The Morgan fingerprint density at radius 3 is 1.29 bits per heavy atom. The molecule has 0 aromatic heterocycles. The molecule has 0 nitrogen and oxygen atoms in total. The van der Waals surface area contributed by atoms with Gasteiger partial charge in [0.1, 0.15) is 0 Å². The molecule has 0 unspecified atom stereocenters. The van der Waals surface area contributed by atoms with Gasteiger partial charge in [-0.05, 0) is 0 Å². The van der Waals surface area contributed by atoms with Crippen LogP contribution in [0.5, 0.6) is 0 Å². The Morgan fingerprint density at radius 2 is 0.941 bits per heavy atom. The van der Waals surface area contributed by atoms with Gasteiger partial charge in [0.2, 0.25) is 0 Å². The summed E-state index contributed by atoms with van der Waals surface area (Å²) in [6, 6.07) is 0. The fourth-order valence-electron chi connectivity index (χ4n) is 0.178. The molecule has 0 fully saturated rings. The minimum absolute atomic E-state index is 0.191. The van der Waals surface area contributed by atoms with Gasteiger partial charge in [-0.15, -0.1) is 0 Å². The molecule has 0 rings (SSSR count). The van der Waals surface area contributed by atoms with Crippen molar-refractivity contribution in [3.8, 4) is 0 Å². The van der Waals surface area contributed by atoms with Crippen LogP contribution in [-0.2, 0) is 0 Å². The third-order valence-electron chi connectivity index (χ3n) is 0.552. The summed E-state index contributed by atoms with van der Waals surface area (Å²) < 4.78 is 0. The van der Waals surface area contributed by atoms with Crippen LogP contribution in [0.1, 0.15) is 0 Å². The molecular weight excluding hydrogens is 2040 g/mol. The zero-order chi connectivity index (χ0) is 13.7. The predicted molar refractivity (Wildman–Crippen MR) is 216 cm³/mol. The van der Waals surface area contributed by atoms with E-state index in [0.717, 1.165) is 0 Å². The van der Waals surface area contributed by atoms with E-state index in [2.05, 4.69) is 149 Å². The SMILES string of the molecule is [B][I-]I(I)I(I)I(I)I(I)I(I)I(I)I(I)I. The molecule has 0 aromatic carbocycles. The Kier molecular flexibility index (Phi) is 29.5. The van der Waals surface area contributed by atoms with Crippen LogP contribution in [-0.4, -0.2) is 5.70 Å². The van der Waals surface area contributed by atoms with Gasteiger partial charge < -0.3 is 0 Å². The summed E-state index contributed by atoms with van der Waals surface area (Å²) in [5.41, 5.74) is 6.06. The Labute approximate surface area is 215 Å². The van der Waals surface area contributed by atoms with Gasteiger partial charge in [0.05, 0.1) is 0 Å². The molecular formula is BI16-. The van der Waals surface area contributed by atoms with Gasteiger partial charge in [0.15, 0.2) is 0 Å². The number of rotatable bonds is 7. The molecule has 0 aliphatic carbocycles. The van der Waals surface area contributed by atoms with Crippen LogP contribution in [0.2, 0.25) is 0 Å². The van der Waals surface area contributed by atoms with E-state index in [1.165, 1.54) is 0 Å². The molecule has 116 valence electrons. The molecule has 0 N–H and O–H groups in total. The second kappa shape index (κ2) is 17.4. The molecule has 0 saturated carbocycles. The van der Waals surface area contributed by atoms with Gasteiger partial charge in [-0.25, -0.2) is 0 Å². The normalized spacial score (nSPS) is 17.3. The van der Waals surface area contributed by atoms with Crippen molar-refractivity contribution < 1.29 is 17.0 Å². The van der Waals surface area contributed by atoms with Crippen molar-refractivity contribution in [3.05, 3.63) is 0 Å². The van der Waals surface area contributed by atoms with Crippen LogP contribution >= 0.6 is 204 Å². The molecule has 2 radical (unpaired) electrons. The summed E-state index contributed by atoms with van der Waals surface area (Å²) in [6.45, 7) is 0. The van der Waals surface area contributed by atoms with Crippen molar-refractivity contribution in [2.45, 2.75) is 0 Å². The summed E-state index contributed by atoms with van der Waals surface area (Å²) in [6.07, 6.45) is 0. The zero-order valence-corrected chi connectivity index (χ0v) is 41.1. The van der Waals surface area contributed by atoms with E-state index in [1.807, 2.05) is 0 Å². The Bertz CT molecular complexity index is 200. The quantitative estimate of drug-likeness (QED) is 0.176. The Balaban J connectivity index is 4.53. The van der Waals surface area contributed by atoms with Crippen LogP contribution in [0.25, 0.3) is 0 Å². The van der Waals surface area contributed by atoms with E-state index < -0.39 is 47.4 Å². The summed E-state index contributed by atoms with van der Waals surface area (Å²) in [7, 11) is -3.03. The fourth-order valence-corrected chi connectivity index (χ4v) is 2140. The summed E-state index contributed by atoms with van der Waals surface area (Å²) in [4.78, 5) is 0. The van der Waals surface area contributed by atoms with Crippen molar-refractivity contribution >= 4 is 210 Å². The third kappa shape index (κ3) is 12.9. The first-order valence-corrected chi connectivity index (χ1v) is 97.9. The van der Waals surface area contributed by atoms with Crippen LogP contribution < -0.4 is 17.0 Å². The van der Waals surface area contributed by atoms with Crippen LogP contribution in [0.15, 0.2) is 0 Å². The van der Waals surface area contributed by atoms with Gasteiger partial charge in [0, 0.05) is 0 Å². The van der Waals surface area contributed by atoms with Crippen LogP contribution in [0.3, 0.4) is 0 Å². The van der Waals surface area contributed by atoms with E-state index in [1.54, 1.807) is 0 Å². The van der Waals surface area contributed by atoms with E-state index in [0.29, 0.717) is 0 Å². The van der Waals surface area contributed by atoms with Crippen molar-refractivity contribution in [1.82, 2.24) is 0 Å². The Morgan fingerprint density at radius 1 is 0.588 bits per heavy atom. The van der Waals surface area contributed by atoms with Crippen molar-refractivity contribution in [2.24, 2.45) is 0 Å². The maximum absolute atomic E-state index is 6.06. The summed E-state index contributed by atoms with van der Waals surface area (Å²) in [5.74, 6) is 0. The number of hydrogen-bond acceptors (Lipinski definition) is 0. The van der Waals surface area contributed by atoms with E-state index >= 15 is 0 Å². The summed E-state index contributed by atoms with van der Waals surface area (Å²) >= 11 is 23.9. The van der Waals surface area contributed by atoms with Crippen molar-refractivity contribution in [3.63, 3.8) is 0 Å². The molecule has 0 aliphatic heterocycles.